The normalized spacial score (nSPS) is 17.1. The number of halogens is 1. The molecule has 7 nitrogen and oxygen atoms in total. The number of hydrogen-bond acceptors (Lipinski definition) is 5. The zero-order valence-corrected chi connectivity index (χ0v) is 19.9. The molecule has 0 spiro atoms. The number of anilines is 1. The lowest BCUT2D eigenvalue weighted by Crippen LogP contribution is -2.39. The molecule has 2 aromatic rings. The van der Waals surface area contributed by atoms with Gasteiger partial charge < -0.3 is 10.1 Å². The van der Waals surface area contributed by atoms with E-state index in [1.54, 1.807) is 0 Å². The van der Waals surface area contributed by atoms with Crippen LogP contribution in [0.25, 0.3) is 0 Å². The van der Waals surface area contributed by atoms with Crippen molar-refractivity contribution in [2.24, 2.45) is 5.92 Å². The van der Waals surface area contributed by atoms with Gasteiger partial charge >= 0.3 is 5.97 Å². The van der Waals surface area contributed by atoms with Crippen molar-refractivity contribution in [3.63, 3.8) is 0 Å². The Morgan fingerprint density at radius 1 is 1.19 bits per heavy atom. The minimum Gasteiger partial charge on any atom is -0.452 e. The highest BCUT2D eigenvalue weighted by Gasteiger charge is 2.31. The van der Waals surface area contributed by atoms with Crippen LogP contribution in [0.4, 0.5) is 5.69 Å². The summed E-state index contributed by atoms with van der Waals surface area (Å²) in [7, 11) is -3.85. The van der Waals surface area contributed by atoms with Crippen molar-refractivity contribution in [3.8, 4) is 0 Å². The van der Waals surface area contributed by atoms with E-state index in [-0.39, 0.29) is 21.4 Å². The zero-order valence-electron chi connectivity index (χ0n) is 18.4. The summed E-state index contributed by atoms with van der Waals surface area (Å²) in [6.45, 7) is 6.06. The maximum atomic E-state index is 13.1. The number of nitrogens with zero attached hydrogens (tertiary/aromatic N) is 1. The number of para-hydroxylation sites is 1. The van der Waals surface area contributed by atoms with Crippen LogP contribution in [-0.2, 0) is 19.6 Å². The van der Waals surface area contributed by atoms with Crippen molar-refractivity contribution >= 4 is 39.2 Å². The second-order valence-corrected chi connectivity index (χ2v) is 10.5. The molecule has 1 saturated heterocycles. The van der Waals surface area contributed by atoms with Gasteiger partial charge in [0.25, 0.3) is 5.91 Å². The summed E-state index contributed by atoms with van der Waals surface area (Å²) in [4.78, 5) is 24.6. The van der Waals surface area contributed by atoms with Crippen LogP contribution in [0.1, 0.15) is 41.3 Å². The first-order chi connectivity index (χ1) is 15.1. The predicted octanol–water partition coefficient (Wildman–Crippen LogP) is 4.17. The van der Waals surface area contributed by atoms with Crippen LogP contribution in [0.2, 0.25) is 5.02 Å². The fourth-order valence-electron chi connectivity index (χ4n) is 3.73. The fourth-order valence-corrected chi connectivity index (χ4v) is 5.83. The first kappa shape index (κ1) is 24.2. The number of hydrogen-bond donors (Lipinski definition) is 1. The van der Waals surface area contributed by atoms with Gasteiger partial charge in [-0.3, -0.25) is 4.79 Å². The molecular weight excluding hydrogens is 452 g/mol. The third-order valence-electron chi connectivity index (χ3n) is 5.48. The lowest BCUT2D eigenvalue weighted by Gasteiger charge is -2.30. The lowest BCUT2D eigenvalue weighted by molar-refractivity contribution is -0.119. The molecule has 0 aliphatic carbocycles. The molecule has 1 aliphatic heterocycles. The summed E-state index contributed by atoms with van der Waals surface area (Å²) < 4.78 is 32.7. The molecule has 1 aliphatic rings. The van der Waals surface area contributed by atoms with Crippen molar-refractivity contribution in [3.05, 3.63) is 58.1 Å². The number of piperidine rings is 1. The molecule has 1 heterocycles. The summed E-state index contributed by atoms with van der Waals surface area (Å²) >= 11 is 6.17. The van der Waals surface area contributed by atoms with Gasteiger partial charge in [-0.15, -0.1) is 0 Å². The molecule has 172 valence electrons. The van der Waals surface area contributed by atoms with Gasteiger partial charge in [0, 0.05) is 18.8 Å². The first-order valence-electron chi connectivity index (χ1n) is 10.4. The number of amides is 1. The molecule has 0 bridgehead atoms. The number of benzene rings is 2. The van der Waals surface area contributed by atoms with Crippen LogP contribution in [-0.4, -0.2) is 44.3 Å². The Hall–Kier alpha value is -2.42. The summed E-state index contributed by atoms with van der Waals surface area (Å²) in [6, 6.07) is 9.57. The quantitative estimate of drug-likeness (QED) is 0.629. The predicted molar refractivity (Wildman–Crippen MR) is 123 cm³/mol. The van der Waals surface area contributed by atoms with Crippen molar-refractivity contribution in [2.45, 2.75) is 38.5 Å². The highest BCUT2D eigenvalue weighted by atomic mass is 35.5. The highest BCUT2D eigenvalue weighted by molar-refractivity contribution is 7.89. The Balaban J connectivity index is 1.70. The lowest BCUT2D eigenvalue weighted by atomic mass is 10.0. The van der Waals surface area contributed by atoms with E-state index < -0.39 is 28.5 Å². The highest BCUT2D eigenvalue weighted by Crippen LogP contribution is 2.29. The second kappa shape index (κ2) is 10.0. The smallest absolute Gasteiger partial charge is 0.338 e. The standard InChI is InChI=1S/C23H27ClN2O5S/c1-15-6-5-11-26(13-15)32(29,30)20-12-18(9-10-19(20)24)23(28)31-14-21(27)25-22-16(2)7-4-8-17(22)3/h4,7-10,12,15H,5-6,11,13-14H2,1-3H3,(H,25,27). The molecule has 1 fully saturated rings. The number of rotatable bonds is 6. The Kier molecular flexibility index (Phi) is 7.59. The maximum absolute atomic E-state index is 13.1. The van der Waals surface area contributed by atoms with Gasteiger partial charge in [0.1, 0.15) is 4.90 Å². The van der Waals surface area contributed by atoms with E-state index in [0.717, 1.165) is 24.0 Å². The minimum absolute atomic E-state index is 0.0119. The van der Waals surface area contributed by atoms with Crippen LogP contribution < -0.4 is 5.32 Å². The van der Waals surface area contributed by atoms with E-state index in [1.807, 2.05) is 39.0 Å². The summed E-state index contributed by atoms with van der Waals surface area (Å²) in [6.07, 6.45) is 1.74. The third kappa shape index (κ3) is 5.49. The van der Waals surface area contributed by atoms with Crippen LogP contribution >= 0.6 is 11.6 Å². The van der Waals surface area contributed by atoms with E-state index in [0.29, 0.717) is 18.8 Å². The number of sulfonamides is 1. The van der Waals surface area contributed by atoms with Gasteiger partial charge in [0.05, 0.1) is 10.6 Å². The molecule has 1 unspecified atom stereocenters. The number of carbonyl (C=O) groups is 2. The fraction of sp³-hybridized carbons (Fsp3) is 0.391. The molecule has 0 radical (unpaired) electrons. The van der Waals surface area contributed by atoms with E-state index in [1.165, 1.54) is 22.5 Å². The van der Waals surface area contributed by atoms with E-state index in [2.05, 4.69) is 5.32 Å². The molecule has 3 rings (SSSR count). The van der Waals surface area contributed by atoms with Crippen molar-refractivity contribution in [2.75, 3.05) is 25.0 Å². The van der Waals surface area contributed by atoms with Gasteiger partial charge in [-0.25, -0.2) is 13.2 Å². The topological polar surface area (TPSA) is 92.8 Å². The molecule has 9 heteroatoms. The number of aryl methyl sites for hydroxylation is 2. The monoisotopic (exact) mass is 478 g/mol. The van der Waals surface area contributed by atoms with Crippen LogP contribution in [0.15, 0.2) is 41.3 Å². The summed E-state index contributed by atoms with van der Waals surface area (Å²) in [5.74, 6) is -1.04. The van der Waals surface area contributed by atoms with Crippen molar-refractivity contribution in [1.82, 2.24) is 4.31 Å². The molecule has 0 saturated carbocycles. The first-order valence-corrected chi connectivity index (χ1v) is 12.2. The molecule has 2 aromatic carbocycles. The average molecular weight is 479 g/mol. The number of carbonyl (C=O) groups excluding carboxylic acids is 2. The van der Waals surface area contributed by atoms with Gasteiger partial charge in [-0.05, 0) is 61.9 Å². The van der Waals surface area contributed by atoms with Crippen LogP contribution in [0, 0.1) is 19.8 Å². The van der Waals surface area contributed by atoms with E-state index in [9.17, 15) is 18.0 Å². The molecule has 32 heavy (non-hydrogen) atoms. The van der Waals surface area contributed by atoms with Crippen molar-refractivity contribution in [1.29, 1.82) is 0 Å². The van der Waals surface area contributed by atoms with Crippen LogP contribution in [0.5, 0.6) is 0 Å². The van der Waals surface area contributed by atoms with E-state index in [4.69, 9.17) is 16.3 Å². The number of nitrogens with one attached hydrogen (secondary N) is 1. The minimum atomic E-state index is -3.85. The summed E-state index contributed by atoms with van der Waals surface area (Å²) in [5.41, 5.74) is 2.47. The Labute approximate surface area is 193 Å². The Morgan fingerprint density at radius 3 is 2.53 bits per heavy atom. The van der Waals surface area contributed by atoms with Gasteiger partial charge in [0.2, 0.25) is 10.0 Å². The van der Waals surface area contributed by atoms with Crippen LogP contribution in [0.3, 0.4) is 0 Å². The SMILES string of the molecule is Cc1cccc(C)c1NC(=O)COC(=O)c1ccc(Cl)c(S(=O)(=O)N2CCCC(C)C2)c1. The maximum Gasteiger partial charge on any atom is 0.338 e. The second-order valence-electron chi connectivity index (χ2n) is 8.15. The van der Waals surface area contributed by atoms with E-state index >= 15 is 0 Å². The zero-order chi connectivity index (χ0) is 23.5. The molecule has 1 amide bonds. The van der Waals surface area contributed by atoms with Gasteiger partial charge in [0.15, 0.2) is 6.61 Å². The molecular formula is C23H27ClN2O5S. The summed E-state index contributed by atoms with van der Waals surface area (Å²) in [5, 5.41) is 2.77. The molecule has 1 atom stereocenters. The largest absolute Gasteiger partial charge is 0.452 e. The Bertz CT molecular complexity index is 1110. The van der Waals surface area contributed by atoms with Gasteiger partial charge in [-0.2, -0.15) is 4.31 Å². The molecule has 1 N–H and O–H groups in total. The number of esters is 1. The van der Waals surface area contributed by atoms with Crippen molar-refractivity contribution < 1.29 is 22.7 Å². The molecule has 0 aromatic heterocycles. The average Bonchev–Trinajstić information content (AvgIpc) is 2.75. The Morgan fingerprint density at radius 2 is 1.88 bits per heavy atom. The van der Waals surface area contributed by atoms with Gasteiger partial charge in [-0.1, -0.05) is 36.7 Å². The number of ether oxygens (including phenoxy) is 1. The third-order valence-corrected chi connectivity index (χ3v) is 7.83.